The van der Waals surface area contributed by atoms with Crippen molar-refractivity contribution in [2.24, 2.45) is 5.92 Å². The highest BCUT2D eigenvalue weighted by atomic mass is 19.1. The van der Waals surface area contributed by atoms with E-state index in [2.05, 4.69) is 0 Å². The van der Waals surface area contributed by atoms with Gasteiger partial charge in [-0.3, -0.25) is 0 Å². The van der Waals surface area contributed by atoms with Gasteiger partial charge in [-0.05, 0) is 30.5 Å². The third kappa shape index (κ3) is 2.59. The van der Waals surface area contributed by atoms with Gasteiger partial charge in [0, 0.05) is 5.56 Å². The Morgan fingerprint density at radius 3 is 2.19 bits per heavy atom. The molecule has 0 aliphatic carbocycles. The van der Waals surface area contributed by atoms with Gasteiger partial charge >= 0.3 is 0 Å². The largest absolute Gasteiger partial charge is 0.388 e. The second-order valence-electron chi connectivity index (χ2n) is 4.14. The van der Waals surface area contributed by atoms with Crippen LogP contribution >= 0.6 is 0 Å². The maximum Gasteiger partial charge on any atom is 0.129 e. The van der Waals surface area contributed by atoms with Gasteiger partial charge in [-0.25, -0.2) is 8.78 Å². The molecule has 0 aliphatic rings. The maximum absolute atomic E-state index is 13.6. The molecule has 90 valence electrons. The summed E-state index contributed by atoms with van der Waals surface area (Å²) in [5.41, 5.74) is 0.329. The van der Waals surface area contributed by atoms with Gasteiger partial charge in [0.25, 0.3) is 0 Å². The minimum absolute atomic E-state index is 0.0309. The van der Waals surface area contributed by atoms with E-state index in [0.717, 1.165) is 25.0 Å². The summed E-state index contributed by atoms with van der Waals surface area (Å²) in [5, 5.41) is 9.97. The Kier molecular flexibility index (Phi) is 4.42. The molecule has 1 rings (SSSR count). The Labute approximate surface area is 95.1 Å². The fourth-order valence-electron chi connectivity index (χ4n) is 1.88. The van der Waals surface area contributed by atoms with Crippen molar-refractivity contribution in [2.75, 3.05) is 0 Å². The number of halogens is 2. The minimum Gasteiger partial charge on any atom is -0.388 e. The second kappa shape index (κ2) is 5.39. The van der Waals surface area contributed by atoms with E-state index < -0.39 is 17.7 Å². The van der Waals surface area contributed by atoms with Crippen molar-refractivity contribution in [3.63, 3.8) is 0 Å². The quantitative estimate of drug-likeness (QED) is 0.832. The van der Waals surface area contributed by atoms with Crippen LogP contribution in [-0.4, -0.2) is 5.11 Å². The molecule has 0 bridgehead atoms. The molecule has 1 nitrogen and oxygen atoms in total. The highest BCUT2D eigenvalue weighted by Crippen LogP contribution is 2.30. The predicted octanol–water partition coefficient (Wildman–Crippen LogP) is 3.74. The topological polar surface area (TPSA) is 20.2 Å². The van der Waals surface area contributed by atoms with Crippen LogP contribution in [0.3, 0.4) is 0 Å². The van der Waals surface area contributed by atoms with Gasteiger partial charge in [0.05, 0.1) is 6.10 Å². The molecule has 0 heterocycles. The average molecular weight is 228 g/mol. The van der Waals surface area contributed by atoms with Gasteiger partial charge in [-0.2, -0.15) is 0 Å². The van der Waals surface area contributed by atoms with Gasteiger partial charge < -0.3 is 5.11 Å². The number of hydrogen-bond donors (Lipinski definition) is 1. The first-order valence-electron chi connectivity index (χ1n) is 5.64. The maximum atomic E-state index is 13.6. The van der Waals surface area contributed by atoms with E-state index in [1.807, 2.05) is 13.8 Å². The predicted molar refractivity (Wildman–Crippen MR) is 60.1 cm³/mol. The molecule has 1 unspecified atom stereocenters. The summed E-state index contributed by atoms with van der Waals surface area (Å²) in [4.78, 5) is 0. The number of hydrogen-bond acceptors (Lipinski definition) is 1. The lowest BCUT2D eigenvalue weighted by atomic mass is 9.90. The molecule has 1 aromatic carbocycles. The molecule has 16 heavy (non-hydrogen) atoms. The number of aliphatic hydroxyl groups excluding tert-OH is 1. The molecule has 1 atom stereocenters. The minimum atomic E-state index is -0.926. The Hall–Kier alpha value is -0.960. The summed E-state index contributed by atoms with van der Waals surface area (Å²) in [7, 11) is 0. The third-order valence-electron chi connectivity index (χ3n) is 3.09. The Bertz CT molecular complexity index is 359. The molecule has 1 aromatic rings. The van der Waals surface area contributed by atoms with Gasteiger partial charge in [-0.1, -0.05) is 26.7 Å². The lowest BCUT2D eigenvalue weighted by Crippen LogP contribution is -2.13. The van der Waals surface area contributed by atoms with Crippen LogP contribution in [0, 0.1) is 24.5 Å². The Balaban J connectivity index is 3.07. The summed E-state index contributed by atoms with van der Waals surface area (Å²) in [5.74, 6) is -1.03. The lowest BCUT2D eigenvalue weighted by molar-refractivity contribution is 0.0992. The van der Waals surface area contributed by atoms with Crippen molar-refractivity contribution in [2.45, 2.75) is 39.7 Å². The molecule has 0 aliphatic heterocycles. The smallest absolute Gasteiger partial charge is 0.129 e. The van der Waals surface area contributed by atoms with Crippen LogP contribution in [-0.2, 0) is 0 Å². The fraction of sp³-hybridized carbons (Fsp3) is 0.538. The van der Waals surface area contributed by atoms with E-state index in [4.69, 9.17) is 0 Å². The normalized spacial score (nSPS) is 13.2. The molecule has 0 radical (unpaired) electrons. The first-order chi connectivity index (χ1) is 7.51. The van der Waals surface area contributed by atoms with Crippen molar-refractivity contribution in [3.8, 4) is 0 Å². The van der Waals surface area contributed by atoms with Crippen LogP contribution in [0.25, 0.3) is 0 Å². The molecule has 0 saturated heterocycles. The Morgan fingerprint density at radius 2 is 1.69 bits per heavy atom. The standard InChI is InChI=1S/C13H18F2O/c1-4-9(5-2)13(16)10-7-11(14)8(3)6-12(10)15/h6-7,9,13,16H,4-5H2,1-3H3. The van der Waals surface area contributed by atoms with E-state index in [1.165, 1.54) is 6.92 Å². The zero-order valence-corrected chi connectivity index (χ0v) is 9.93. The molecular formula is C13H18F2O. The Morgan fingerprint density at radius 1 is 1.12 bits per heavy atom. The fourth-order valence-corrected chi connectivity index (χ4v) is 1.88. The third-order valence-corrected chi connectivity index (χ3v) is 3.09. The van der Waals surface area contributed by atoms with Crippen LogP contribution in [0.4, 0.5) is 8.78 Å². The van der Waals surface area contributed by atoms with Crippen LogP contribution in [0.5, 0.6) is 0 Å². The summed E-state index contributed by atoms with van der Waals surface area (Å²) in [6.07, 6.45) is 0.559. The number of aryl methyl sites for hydroxylation is 1. The molecule has 1 N–H and O–H groups in total. The van der Waals surface area contributed by atoms with Crippen molar-refractivity contribution < 1.29 is 13.9 Å². The molecule has 0 fully saturated rings. The lowest BCUT2D eigenvalue weighted by Gasteiger charge is -2.21. The van der Waals surface area contributed by atoms with E-state index >= 15 is 0 Å². The highest BCUT2D eigenvalue weighted by Gasteiger charge is 2.21. The van der Waals surface area contributed by atoms with Crippen LogP contribution in [0.15, 0.2) is 12.1 Å². The summed E-state index contributed by atoms with van der Waals surface area (Å²) in [6, 6.07) is 2.24. The van der Waals surface area contributed by atoms with Crippen molar-refractivity contribution in [1.82, 2.24) is 0 Å². The molecule has 0 amide bonds. The zero-order valence-electron chi connectivity index (χ0n) is 9.93. The summed E-state index contributed by atoms with van der Waals surface area (Å²) >= 11 is 0. The first kappa shape index (κ1) is 13.1. The van der Waals surface area contributed by atoms with Crippen molar-refractivity contribution >= 4 is 0 Å². The monoisotopic (exact) mass is 228 g/mol. The van der Waals surface area contributed by atoms with E-state index in [1.54, 1.807) is 0 Å². The molecular weight excluding hydrogens is 210 g/mol. The number of aliphatic hydroxyl groups is 1. The van der Waals surface area contributed by atoms with Crippen molar-refractivity contribution in [1.29, 1.82) is 0 Å². The van der Waals surface area contributed by atoms with Crippen LogP contribution < -0.4 is 0 Å². The van der Waals surface area contributed by atoms with Gasteiger partial charge in [0.2, 0.25) is 0 Å². The first-order valence-corrected chi connectivity index (χ1v) is 5.64. The van der Waals surface area contributed by atoms with E-state index in [0.29, 0.717) is 0 Å². The molecule has 0 saturated carbocycles. The van der Waals surface area contributed by atoms with Gasteiger partial charge in [0.15, 0.2) is 0 Å². The molecule has 0 aromatic heterocycles. The van der Waals surface area contributed by atoms with Crippen LogP contribution in [0.1, 0.15) is 43.9 Å². The van der Waals surface area contributed by atoms with Gasteiger partial charge in [-0.15, -0.1) is 0 Å². The van der Waals surface area contributed by atoms with Crippen LogP contribution in [0.2, 0.25) is 0 Å². The number of rotatable bonds is 4. The van der Waals surface area contributed by atoms with Crippen molar-refractivity contribution in [3.05, 3.63) is 34.9 Å². The highest BCUT2D eigenvalue weighted by molar-refractivity contribution is 5.27. The molecule has 0 spiro atoms. The average Bonchev–Trinajstić information content (AvgIpc) is 2.25. The SMILES string of the molecule is CCC(CC)C(O)c1cc(F)c(C)cc1F. The van der Waals surface area contributed by atoms with E-state index in [9.17, 15) is 13.9 Å². The van der Waals surface area contributed by atoms with E-state index in [-0.39, 0.29) is 17.0 Å². The summed E-state index contributed by atoms with van der Waals surface area (Å²) in [6.45, 7) is 5.37. The second-order valence-corrected chi connectivity index (χ2v) is 4.14. The number of benzene rings is 1. The molecule has 3 heteroatoms. The van der Waals surface area contributed by atoms with Gasteiger partial charge in [0.1, 0.15) is 11.6 Å². The summed E-state index contributed by atoms with van der Waals surface area (Å²) < 4.78 is 26.9. The zero-order chi connectivity index (χ0) is 12.3.